The van der Waals surface area contributed by atoms with Crippen LogP contribution in [0.4, 0.5) is 5.69 Å². The Hall–Kier alpha value is -2.92. The topological polar surface area (TPSA) is 55.4 Å². The molecule has 3 aromatic rings. The Balaban J connectivity index is 1.61. The van der Waals surface area contributed by atoms with E-state index in [0.717, 1.165) is 0 Å². The summed E-state index contributed by atoms with van der Waals surface area (Å²) in [5.74, 6) is 0.273. The molecule has 3 rings (SSSR count). The Bertz CT molecular complexity index is 829. The minimum Gasteiger partial charge on any atom is -0.485 e. The SMILES string of the molecule is O=C(COc1cccc(NC(=O)c2cccs2)c1)c1ccccc1. The zero-order chi connectivity index (χ0) is 16.8. The number of carbonyl (C=O) groups excluding carboxylic acids is 2. The first kappa shape index (κ1) is 16.0. The summed E-state index contributed by atoms with van der Waals surface area (Å²) in [6.45, 7) is -0.0493. The van der Waals surface area contributed by atoms with Crippen LogP contribution in [0.2, 0.25) is 0 Å². The van der Waals surface area contributed by atoms with Crippen molar-refractivity contribution in [1.82, 2.24) is 0 Å². The summed E-state index contributed by atoms with van der Waals surface area (Å²) in [6.07, 6.45) is 0. The highest BCUT2D eigenvalue weighted by Crippen LogP contribution is 2.19. The molecular weight excluding hydrogens is 322 g/mol. The molecule has 24 heavy (non-hydrogen) atoms. The van der Waals surface area contributed by atoms with Crippen molar-refractivity contribution in [2.45, 2.75) is 0 Å². The molecule has 5 heteroatoms. The molecule has 1 amide bonds. The molecule has 0 aliphatic heterocycles. The van der Waals surface area contributed by atoms with E-state index in [1.54, 1.807) is 42.5 Å². The lowest BCUT2D eigenvalue weighted by Gasteiger charge is -2.08. The normalized spacial score (nSPS) is 10.2. The monoisotopic (exact) mass is 337 g/mol. The van der Waals surface area contributed by atoms with Crippen molar-refractivity contribution >= 4 is 28.7 Å². The van der Waals surface area contributed by atoms with E-state index in [0.29, 0.717) is 21.9 Å². The zero-order valence-corrected chi connectivity index (χ0v) is 13.6. The van der Waals surface area contributed by atoms with Gasteiger partial charge in [-0.1, -0.05) is 42.5 Å². The Morgan fingerprint density at radius 1 is 0.958 bits per heavy atom. The third kappa shape index (κ3) is 4.08. The van der Waals surface area contributed by atoms with Crippen LogP contribution >= 0.6 is 11.3 Å². The van der Waals surface area contributed by atoms with Gasteiger partial charge in [0.25, 0.3) is 5.91 Å². The van der Waals surface area contributed by atoms with Gasteiger partial charge in [0, 0.05) is 17.3 Å². The van der Waals surface area contributed by atoms with Crippen LogP contribution in [0.5, 0.6) is 5.75 Å². The second-order valence-corrected chi connectivity index (χ2v) is 5.98. The number of rotatable bonds is 6. The van der Waals surface area contributed by atoms with Crippen LogP contribution in [0, 0.1) is 0 Å². The molecule has 120 valence electrons. The van der Waals surface area contributed by atoms with Gasteiger partial charge in [0.1, 0.15) is 5.75 Å². The van der Waals surface area contributed by atoms with Crippen molar-refractivity contribution in [3.63, 3.8) is 0 Å². The number of benzene rings is 2. The first-order valence-corrected chi connectivity index (χ1v) is 8.26. The van der Waals surface area contributed by atoms with Gasteiger partial charge in [-0.2, -0.15) is 0 Å². The smallest absolute Gasteiger partial charge is 0.265 e. The number of ether oxygens (including phenoxy) is 1. The van der Waals surface area contributed by atoms with Gasteiger partial charge in [-0.05, 0) is 23.6 Å². The Morgan fingerprint density at radius 3 is 2.54 bits per heavy atom. The third-order valence-corrected chi connectivity index (χ3v) is 4.17. The molecule has 0 fully saturated rings. The molecule has 0 saturated carbocycles. The minimum atomic E-state index is -0.164. The molecule has 1 N–H and O–H groups in total. The summed E-state index contributed by atoms with van der Waals surface area (Å²) in [7, 11) is 0. The van der Waals surface area contributed by atoms with Gasteiger partial charge < -0.3 is 10.1 Å². The van der Waals surface area contributed by atoms with Gasteiger partial charge in [0.15, 0.2) is 12.4 Å². The van der Waals surface area contributed by atoms with Gasteiger partial charge in [-0.15, -0.1) is 11.3 Å². The third-order valence-electron chi connectivity index (χ3n) is 3.30. The first-order chi connectivity index (χ1) is 11.7. The Labute approximate surface area is 143 Å². The van der Waals surface area contributed by atoms with Crippen molar-refractivity contribution in [2.75, 3.05) is 11.9 Å². The Kier molecular flexibility index (Phi) is 5.03. The first-order valence-electron chi connectivity index (χ1n) is 7.38. The predicted molar refractivity (Wildman–Crippen MR) is 95.0 cm³/mol. The summed E-state index contributed by atoms with van der Waals surface area (Å²) in [5, 5.41) is 4.66. The zero-order valence-electron chi connectivity index (χ0n) is 12.8. The van der Waals surface area contributed by atoms with E-state index >= 15 is 0 Å². The highest BCUT2D eigenvalue weighted by atomic mass is 32.1. The summed E-state index contributed by atoms with van der Waals surface area (Å²) in [4.78, 5) is 24.7. The predicted octanol–water partition coefficient (Wildman–Crippen LogP) is 4.26. The number of Topliss-reactive ketones (excluding diaryl/α,β-unsaturated/α-hetero) is 1. The second-order valence-electron chi connectivity index (χ2n) is 5.04. The molecule has 2 aromatic carbocycles. The molecule has 0 aliphatic rings. The highest BCUT2D eigenvalue weighted by molar-refractivity contribution is 7.12. The highest BCUT2D eigenvalue weighted by Gasteiger charge is 2.09. The second kappa shape index (κ2) is 7.57. The standard InChI is InChI=1S/C19H15NO3S/c21-17(14-6-2-1-3-7-14)13-23-16-9-4-8-15(12-16)20-19(22)18-10-5-11-24-18/h1-12H,13H2,(H,20,22). The molecule has 1 aromatic heterocycles. The quantitative estimate of drug-likeness (QED) is 0.684. The maximum absolute atomic E-state index is 12.0. The molecule has 0 unspecified atom stereocenters. The van der Waals surface area contributed by atoms with Gasteiger partial charge in [0.2, 0.25) is 0 Å². The number of nitrogens with one attached hydrogen (secondary N) is 1. The number of hydrogen-bond donors (Lipinski definition) is 1. The van der Waals surface area contributed by atoms with Gasteiger partial charge in [0.05, 0.1) is 4.88 Å². The van der Waals surface area contributed by atoms with Gasteiger partial charge >= 0.3 is 0 Å². The number of anilines is 1. The van der Waals surface area contributed by atoms with Crippen molar-refractivity contribution < 1.29 is 14.3 Å². The van der Waals surface area contributed by atoms with Gasteiger partial charge in [-0.25, -0.2) is 0 Å². The molecule has 4 nitrogen and oxygen atoms in total. The van der Waals surface area contributed by atoms with Crippen LogP contribution in [0.15, 0.2) is 72.1 Å². The summed E-state index contributed by atoms with van der Waals surface area (Å²) >= 11 is 1.38. The fourth-order valence-corrected chi connectivity index (χ4v) is 2.74. The lowest BCUT2D eigenvalue weighted by Crippen LogP contribution is -2.12. The van der Waals surface area contributed by atoms with Crippen LogP contribution in [-0.4, -0.2) is 18.3 Å². The van der Waals surface area contributed by atoms with Crippen molar-refractivity contribution in [1.29, 1.82) is 0 Å². The van der Waals surface area contributed by atoms with E-state index in [1.807, 2.05) is 29.6 Å². The fourth-order valence-electron chi connectivity index (χ4n) is 2.12. The number of hydrogen-bond acceptors (Lipinski definition) is 4. The average Bonchev–Trinajstić information content (AvgIpc) is 3.15. The van der Waals surface area contributed by atoms with Crippen LogP contribution < -0.4 is 10.1 Å². The van der Waals surface area contributed by atoms with E-state index in [4.69, 9.17) is 4.74 Å². The molecule has 1 heterocycles. The molecule has 0 aliphatic carbocycles. The number of thiophene rings is 1. The van der Waals surface area contributed by atoms with Gasteiger partial charge in [-0.3, -0.25) is 9.59 Å². The molecule has 0 radical (unpaired) electrons. The lowest BCUT2D eigenvalue weighted by atomic mass is 10.1. The van der Waals surface area contributed by atoms with Crippen molar-refractivity contribution in [3.8, 4) is 5.75 Å². The van der Waals surface area contributed by atoms with E-state index < -0.39 is 0 Å². The minimum absolute atomic E-state index is 0.0493. The molecule has 0 atom stereocenters. The number of ketones is 1. The summed E-state index contributed by atoms with van der Waals surface area (Å²) in [6, 6.07) is 19.6. The Morgan fingerprint density at radius 2 is 1.79 bits per heavy atom. The van der Waals surface area contributed by atoms with Crippen LogP contribution in [-0.2, 0) is 0 Å². The summed E-state index contributed by atoms with van der Waals surface area (Å²) in [5.41, 5.74) is 1.23. The molecule has 0 spiro atoms. The molecular formula is C19H15NO3S. The van der Waals surface area contributed by atoms with E-state index in [-0.39, 0.29) is 18.3 Å². The number of carbonyl (C=O) groups is 2. The maximum atomic E-state index is 12.0. The van der Waals surface area contributed by atoms with Crippen LogP contribution in [0.1, 0.15) is 20.0 Å². The van der Waals surface area contributed by atoms with E-state index in [9.17, 15) is 9.59 Å². The lowest BCUT2D eigenvalue weighted by molar-refractivity contribution is 0.0921. The van der Waals surface area contributed by atoms with Crippen LogP contribution in [0.3, 0.4) is 0 Å². The van der Waals surface area contributed by atoms with Crippen LogP contribution in [0.25, 0.3) is 0 Å². The maximum Gasteiger partial charge on any atom is 0.265 e. The number of amides is 1. The van der Waals surface area contributed by atoms with E-state index in [2.05, 4.69) is 5.32 Å². The van der Waals surface area contributed by atoms with Crippen molar-refractivity contribution in [2.24, 2.45) is 0 Å². The van der Waals surface area contributed by atoms with E-state index in [1.165, 1.54) is 11.3 Å². The molecule has 0 saturated heterocycles. The average molecular weight is 337 g/mol. The fraction of sp³-hybridized carbons (Fsp3) is 0.0526. The molecule has 0 bridgehead atoms. The largest absolute Gasteiger partial charge is 0.485 e. The summed E-state index contributed by atoms with van der Waals surface area (Å²) < 4.78 is 5.54. The van der Waals surface area contributed by atoms with Crippen molar-refractivity contribution in [3.05, 3.63) is 82.6 Å².